The van der Waals surface area contributed by atoms with Crippen LogP contribution in [0, 0.1) is 5.82 Å². The number of nitrogens with zero attached hydrogens (tertiary/aromatic N) is 2. The lowest BCUT2D eigenvalue weighted by Gasteiger charge is -2.39. The number of rotatable bonds is 9. The predicted octanol–water partition coefficient (Wildman–Crippen LogP) is 4.20. The maximum atomic E-state index is 15.1. The SMILES string of the molecule is CN(CCO)[C@H]1CCCC[C@@H]1Nc1cc(F)c(S(=O)(=O)Cc2nccs2)cc1C1CC1.Cl. The molecule has 32 heavy (non-hydrogen) atoms. The fourth-order valence-corrected chi connectivity index (χ4v) is 6.92. The van der Waals surface area contributed by atoms with Gasteiger partial charge in [0.2, 0.25) is 0 Å². The van der Waals surface area contributed by atoms with Crippen LogP contribution in [0.4, 0.5) is 10.1 Å². The first-order valence-electron chi connectivity index (χ1n) is 10.9. The number of halogens is 2. The molecular formula is C22H31ClFN3O3S2. The summed E-state index contributed by atoms with van der Waals surface area (Å²) in [6.07, 6.45) is 7.77. The van der Waals surface area contributed by atoms with Gasteiger partial charge in [-0.15, -0.1) is 23.7 Å². The normalized spacial score (nSPS) is 21.4. The third-order valence-electron chi connectivity index (χ3n) is 6.34. The zero-order chi connectivity index (χ0) is 22.0. The van der Waals surface area contributed by atoms with E-state index in [1.807, 2.05) is 7.05 Å². The lowest BCUT2D eigenvalue weighted by Crippen LogP contribution is -2.48. The Bertz CT molecular complexity index is 1000. The van der Waals surface area contributed by atoms with Crippen LogP contribution in [0.5, 0.6) is 0 Å². The van der Waals surface area contributed by atoms with Crippen LogP contribution in [0.15, 0.2) is 28.6 Å². The Morgan fingerprint density at radius 2 is 2.00 bits per heavy atom. The van der Waals surface area contributed by atoms with Gasteiger partial charge in [0.15, 0.2) is 9.84 Å². The third kappa shape index (κ3) is 5.80. The van der Waals surface area contributed by atoms with E-state index in [2.05, 4.69) is 15.2 Å². The monoisotopic (exact) mass is 503 g/mol. The molecule has 10 heteroatoms. The number of aromatic nitrogens is 1. The molecular weight excluding hydrogens is 473 g/mol. The molecule has 0 bridgehead atoms. The van der Waals surface area contributed by atoms with Crippen molar-refractivity contribution in [3.8, 4) is 0 Å². The number of aliphatic hydroxyl groups excluding tert-OH is 1. The van der Waals surface area contributed by atoms with E-state index >= 15 is 4.39 Å². The van der Waals surface area contributed by atoms with Gasteiger partial charge in [0.25, 0.3) is 0 Å². The van der Waals surface area contributed by atoms with E-state index in [-0.39, 0.29) is 47.7 Å². The van der Waals surface area contributed by atoms with Crippen LogP contribution in [-0.4, -0.2) is 55.7 Å². The minimum absolute atomic E-state index is 0. The van der Waals surface area contributed by atoms with Crippen molar-refractivity contribution < 1.29 is 17.9 Å². The summed E-state index contributed by atoms with van der Waals surface area (Å²) < 4.78 is 40.9. The van der Waals surface area contributed by atoms with Crippen molar-refractivity contribution in [3.63, 3.8) is 0 Å². The highest BCUT2D eigenvalue weighted by molar-refractivity contribution is 7.90. The molecule has 2 atom stereocenters. The highest BCUT2D eigenvalue weighted by Gasteiger charge is 2.33. The molecule has 1 heterocycles. The predicted molar refractivity (Wildman–Crippen MR) is 128 cm³/mol. The Hall–Kier alpha value is -1.26. The van der Waals surface area contributed by atoms with Crippen molar-refractivity contribution in [2.75, 3.05) is 25.5 Å². The number of nitrogens with one attached hydrogen (secondary N) is 1. The topological polar surface area (TPSA) is 82.5 Å². The average Bonchev–Trinajstić information content (AvgIpc) is 3.45. The standard InChI is InChI=1S/C22H30FN3O3S2.ClH/c1-26(9-10-27)20-5-3-2-4-18(20)25-19-13-17(23)21(12-16(19)15-6-7-15)31(28,29)14-22-24-8-11-30-22;/h8,11-13,15,18,20,25,27H,2-7,9-10,14H2,1H3;1H/t18-,20-;/m0./s1. The van der Waals surface area contributed by atoms with E-state index in [1.165, 1.54) is 17.4 Å². The van der Waals surface area contributed by atoms with E-state index in [4.69, 9.17) is 0 Å². The first-order chi connectivity index (χ1) is 14.9. The molecule has 0 radical (unpaired) electrons. The van der Waals surface area contributed by atoms with Crippen molar-refractivity contribution in [3.05, 3.63) is 40.1 Å². The van der Waals surface area contributed by atoms with Gasteiger partial charge in [-0.05, 0) is 56.3 Å². The molecule has 0 aliphatic heterocycles. The highest BCUT2D eigenvalue weighted by Crippen LogP contribution is 2.45. The van der Waals surface area contributed by atoms with Crippen molar-refractivity contribution in [1.82, 2.24) is 9.88 Å². The number of hydrogen-bond acceptors (Lipinski definition) is 7. The maximum Gasteiger partial charge on any atom is 0.187 e. The zero-order valence-electron chi connectivity index (χ0n) is 18.2. The molecule has 2 fully saturated rings. The molecule has 2 N–H and O–H groups in total. The van der Waals surface area contributed by atoms with Crippen LogP contribution in [-0.2, 0) is 15.6 Å². The number of likely N-dealkylation sites (N-methyl/N-ethyl adjacent to an activating group) is 1. The van der Waals surface area contributed by atoms with Crippen molar-refractivity contribution >= 4 is 39.3 Å². The summed E-state index contributed by atoms with van der Waals surface area (Å²) in [6.45, 7) is 0.702. The number of sulfone groups is 1. The van der Waals surface area contributed by atoms with Crippen LogP contribution in [0.1, 0.15) is 55.0 Å². The van der Waals surface area contributed by atoms with Crippen molar-refractivity contribution in [2.45, 2.75) is 67.2 Å². The van der Waals surface area contributed by atoms with E-state index in [1.54, 1.807) is 17.6 Å². The van der Waals surface area contributed by atoms with Gasteiger partial charge in [-0.3, -0.25) is 4.90 Å². The molecule has 0 saturated heterocycles. The van der Waals surface area contributed by atoms with Crippen LogP contribution in [0.2, 0.25) is 0 Å². The lowest BCUT2D eigenvalue weighted by molar-refractivity contribution is 0.143. The van der Waals surface area contributed by atoms with Crippen LogP contribution >= 0.6 is 23.7 Å². The van der Waals surface area contributed by atoms with Crippen LogP contribution in [0.25, 0.3) is 0 Å². The average molecular weight is 504 g/mol. The van der Waals surface area contributed by atoms with E-state index < -0.39 is 15.7 Å². The molecule has 1 aromatic carbocycles. The summed E-state index contributed by atoms with van der Waals surface area (Å²) in [5.74, 6) is -0.719. The number of benzene rings is 1. The molecule has 4 rings (SSSR count). The largest absolute Gasteiger partial charge is 0.395 e. The molecule has 2 aliphatic rings. The van der Waals surface area contributed by atoms with Gasteiger partial charge >= 0.3 is 0 Å². The molecule has 2 saturated carbocycles. The molecule has 0 unspecified atom stereocenters. The Kier molecular flexibility index (Phi) is 8.54. The van der Waals surface area contributed by atoms with Gasteiger partial charge in [-0.1, -0.05) is 12.8 Å². The fourth-order valence-electron chi connectivity index (χ4n) is 4.56. The van der Waals surface area contributed by atoms with Gasteiger partial charge in [-0.2, -0.15) is 0 Å². The number of thiazole rings is 1. The van der Waals surface area contributed by atoms with Crippen molar-refractivity contribution in [2.24, 2.45) is 0 Å². The number of anilines is 1. The third-order valence-corrected chi connectivity index (χ3v) is 8.94. The highest BCUT2D eigenvalue weighted by atomic mass is 35.5. The molecule has 2 aromatic rings. The van der Waals surface area contributed by atoms with Gasteiger partial charge in [0.05, 0.1) is 6.61 Å². The lowest BCUT2D eigenvalue weighted by atomic mass is 9.88. The Morgan fingerprint density at radius 3 is 2.66 bits per heavy atom. The summed E-state index contributed by atoms with van der Waals surface area (Å²) in [5.41, 5.74) is 1.61. The summed E-state index contributed by atoms with van der Waals surface area (Å²) in [5, 5.41) is 15.1. The second-order valence-corrected chi connectivity index (χ2v) is 11.6. The molecule has 0 amide bonds. The number of hydrogen-bond donors (Lipinski definition) is 2. The summed E-state index contributed by atoms with van der Waals surface area (Å²) in [6, 6.07) is 3.32. The quantitative estimate of drug-likeness (QED) is 0.533. The van der Waals surface area contributed by atoms with Crippen LogP contribution in [0.3, 0.4) is 0 Å². The first kappa shape index (κ1) is 25.4. The molecule has 2 aliphatic carbocycles. The minimum atomic E-state index is -3.81. The summed E-state index contributed by atoms with van der Waals surface area (Å²) in [4.78, 5) is 5.98. The van der Waals surface area contributed by atoms with Crippen LogP contribution < -0.4 is 5.32 Å². The van der Waals surface area contributed by atoms with E-state index in [0.29, 0.717) is 17.2 Å². The van der Waals surface area contributed by atoms with Gasteiger partial charge in [-0.25, -0.2) is 17.8 Å². The summed E-state index contributed by atoms with van der Waals surface area (Å²) in [7, 11) is -1.80. The van der Waals surface area contributed by atoms with Crippen molar-refractivity contribution in [1.29, 1.82) is 0 Å². The molecule has 178 valence electrons. The maximum absolute atomic E-state index is 15.1. The molecule has 1 aromatic heterocycles. The molecule has 0 spiro atoms. The molecule has 6 nitrogen and oxygen atoms in total. The summed E-state index contributed by atoms with van der Waals surface area (Å²) >= 11 is 1.26. The van der Waals surface area contributed by atoms with Gasteiger partial charge in [0, 0.05) is 35.9 Å². The first-order valence-corrected chi connectivity index (χ1v) is 13.4. The van der Waals surface area contributed by atoms with Gasteiger partial charge in [0.1, 0.15) is 21.5 Å². The Labute approximate surface area is 199 Å². The number of aliphatic hydroxyl groups is 1. The second-order valence-electron chi connectivity index (χ2n) is 8.64. The Balaban J connectivity index is 0.00000289. The second kappa shape index (κ2) is 10.8. The minimum Gasteiger partial charge on any atom is -0.395 e. The van der Waals surface area contributed by atoms with E-state index in [0.717, 1.165) is 44.1 Å². The Morgan fingerprint density at radius 1 is 1.25 bits per heavy atom. The fraction of sp³-hybridized carbons (Fsp3) is 0.591. The smallest absolute Gasteiger partial charge is 0.187 e. The van der Waals surface area contributed by atoms with E-state index in [9.17, 15) is 13.5 Å². The van der Waals surface area contributed by atoms with Gasteiger partial charge < -0.3 is 10.4 Å². The zero-order valence-corrected chi connectivity index (χ0v) is 20.6.